The average molecular weight is 353 g/mol. The first-order chi connectivity index (χ1) is 11.4. The molecule has 1 amide bonds. The summed E-state index contributed by atoms with van der Waals surface area (Å²) in [5.74, 6) is 0.523. The highest BCUT2D eigenvalue weighted by Crippen LogP contribution is 2.41. The highest BCUT2D eigenvalue weighted by molar-refractivity contribution is 6.47. The Kier molecular flexibility index (Phi) is 4.66. The molecule has 2 atom stereocenters. The molecule has 0 N–H and O–H groups in total. The molecule has 2 aliphatic heterocycles. The highest BCUT2D eigenvalue weighted by Gasteiger charge is 2.56. The molecule has 0 spiro atoms. The predicted molar refractivity (Wildman–Crippen MR) is 95.3 cm³/mol. The van der Waals surface area contributed by atoms with E-state index in [-0.39, 0.29) is 18.2 Å². The Morgan fingerprint density at radius 2 is 1.64 bits per heavy atom. The van der Waals surface area contributed by atoms with E-state index in [0.717, 1.165) is 12.8 Å². The molecule has 3 fully saturated rings. The van der Waals surface area contributed by atoms with E-state index in [1.807, 2.05) is 48.5 Å². The molecule has 2 unspecified atom stereocenters. The maximum atomic E-state index is 12.6. The molecule has 0 aromatic carbocycles. The van der Waals surface area contributed by atoms with Crippen LogP contribution in [-0.4, -0.2) is 60.1 Å². The topological polar surface area (TPSA) is 57.2 Å². The molecule has 2 saturated heterocycles. The fourth-order valence-corrected chi connectivity index (χ4v) is 3.21. The van der Waals surface area contributed by atoms with Gasteiger partial charge in [-0.1, -0.05) is 0 Å². The van der Waals surface area contributed by atoms with Crippen LogP contribution in [0.3, 0.4) is 0 Å². The van der Waals surface area contributed by atoms with Gasteiger partial charge < -0.3 is 23.7 Å². The lowest BCUT2D eigenvalue weighted by Gasteiger charge is -2.39. The monoisotopic (exact) mass is 353 g/mol. The van der Waals surface area contributed by atoms with Crippen molar-refractivity contribution in [3.05, 3.63) is 0 Å². The molecule has 3 rings (SSSR count). The molecule has 142 valence electrons. The van der Waals surface area contributed by atoms with Gasteiger partial charge >= 0.3 is 13.2 Å². The Labute approximate surface area is 151 Å². The summed E-state index contributed by atoms with van der Waals surface area (Å²) in [7, 11) is -0.475. The number of hydrogen-bond donors (Lipinski definition) is 0. The quantitative estimate of drug-likeness (QED) is 0.715. The molecular weight excluding hydrogens is 321 g/mol. The second kappa shape index (κ2) is 6.13. The van der Waals surface area contributed by atoms with Gasteiger partial charge in [-0.3, -0.25) is 0 Å². The third-order valence-corrected chi connectivity index (χ3v) is 5.52. The summed E-state index contributed by atoms with van der Waals surface area (Å²) >= 11 is 0. The van der Waals surface area contributed by atoms with Gasteiger partial charge in [0.05, 0.1) is 23.9 Å². The van der Waals surface area contributed by atoms with Crippen molar-refractivity contribution in [2.24, 2.45) is 5.92 Å². The normalized spacial score (nSPS) is 32.0. The Bertz CT molecular complexity index is 510. The molecule has 2 heterocycles. The highest BCUT2D eigenvalue weighted by atomic mass is 16.7. The lowest BCUT2D eigenvalue weighted by molar-refractivity contribution is -0.0770. The Hall–Kier alpha value is -0.785. The van der Waals surface area contributed by atoms with Crippen LogP contribution < -0.4 is 0 Å². The van der Waals surface area contributed by atoms with E-state index in [2.05, 4.69) is 0 Å². The molecule has 0 bridgehead atoms. The lowest BCUT2D eigenvalue weighted by atomic mass is 9.79. The summed E-state index contributed by atoms with van der Waals surface area (Å²) in [6, 6.07) is -0.298. The number of nitrogens with zero attached hydrogens (tertiary/aromatic N) is 1. The van der Waals surface area contributed by atoms with Crippen LogP contribution in [0.2, 0.25) is 0 Å². The van der Waals surface area contributed by atoms with Crippen molar-refractivity contribution in [1.29, 1.82) is 0 Å². The number of amides is 1. The largest absolute Gasteiger partial charge is 0.490 e. The number of carbonyl (C=O) groups excluding carboxylic acids is 1. The Morgan fingerprint density at radius 1 is 1.08 bits per heavy atom. The van der Waals surface area contributed by atoms with Gasteiger partial charge in [-0.25, -0.2) is 4.79 Å². The van der Waals surface area contributed by atoms with E-state index in [1.165, 1.54) is 0 Å². The predicted octanol–water partition coefficient (Wildman–Crippen LogP) is 3.03. The van der Waals surface area contributed by atoms with Crippen LogP contribution in [0.25, 0.3) is 0 Å². The number of ether oxygens (including phenoxy) is 2. The van der Waals surface area contributed by atoms with E-state index in [9.17, 15) is 4.79 Å². The molecule has 1 aliphatic carbocycles. The molecule has 3 aliphatic rings. The molecule has 0 aromatic rings. The van der Waals surface area contributed by atoms with Crippen LogP contribution in [0, 0.1) is 5.92 Å². The zero-order valence-corrected chi connectivity index (χ0v) is 16.6. The standard InChI is InChI=1S/C18H32BNO5/c1-16(2,3)23-15(21)20-10-13(12-8-9-12)22-14(11-20)19-24-17(4,5)18(6,7)25-19/h12-14H,8-11H2,1-7H3. The van der Waals surface area contributed by atoms with Gasteiger partial charge in [-0.2, -0.15) is 0 Å². The number of morpholine rings is 1. The van der Waals surface area contributed by atoms with Gasteiger partial charge in [0.25, 0.3) is 0 Å². The van der Waals surface area contributed by atoms with Crippen LogP contribution in [-0.2, 0) is 18.8 Å². The van der Waals surface area contributed by atoms with Crippen molar-refractivity contribution in [2.45, 2.75) is 90.2 Å². The summed E-state index contributed by atoms with van der Waals surface area (Å²) in [6.45, 7) is 14.8. The molecule has 25 heavy (non-hydrogen) atoms. The fourth-order valence-electron chi connectivity index (χ4n) is 3.21. The van der Waals surface area contributed by atoms with Gasteiger partial charge in [-0.05, 0) is 67.2 Å². The van der Waals surface area contributed by atoms with E-state index in [0.29, 0.717) is 19.0 Å². The first-order valence-electron chi connectivity index (χ1n) is 9.37. The number of hydrogen-bond acceptors (Lipinski definition) is 5. The van der Waals surface area contributed by atoms with Crippen molar-refractivity contribution in [3.63, 3.8) is 0 Å². The minimum atomic E-state index is -0.510. The maximum absolute atomic E-state index is 12.6. The van der Waals surface area contributed by atoms with Crippen molar-refractivity contribution < 1.29 is 23.6 Å². The van der Waals surface area contributed by atoms with E-state index < -0.39 is 23.9 Å². The molecule has 0 aromatic heterocycles. The summed E-state index contributed by atoms with van der Waals surface area (Å²) < 4.78 is 24.2. The molecular formula is C18H32BNO5. The van der Waals surface area contributed by atoms with Crippen LogP contribution in [0.15, 0.2) is 0 Å². The van der Waals surface area contributed by atoms with E-state index >= 15 is 0 Å². The summed E-state index contributed by atoms with van der Waals surface area (Å²) in [6.07, 6.45) is 2.06. The Morgan fingerprint density at radius 3 is 2.12 bits per heavy atom. The van der Waals surface area contributed by atoms with Crippen LogP contribution in [0.5, 0.6) is 0 Å². The Balaban J connectivity index is 1.72. The van der Waals surface area contributed by atoms with Gasteiger partial charge in [-0.15, -0.1) is 0 Å². The second-order valence-corrected chi connectivity index (χ2v) is 9.56. The zero-order valence-electron chi connectivity index (χ0n) is 16.6. The van der Waals surface area contributed by atoms with Crippen LogP contribution in [0.4, 0.5) is 4.79 Å². The van der Waals surface area contributed by atoms with Crippen LogP contribution in [0.1, 0.15) is 61.3 Å². The fraction of sp³-hybridized carbons (Fsp3) is 0.944. The molecule has 0 radical (unpaired) electrons. The minimum absolute atomic E-state index is 0.0327. The summed E-state index contributed by atoms with van der Waals surface area (Å²) in [5.41, 5.74) is -1.33. The lowest BCUT2D eigenvalue weighted by Crippen LogP contribution is -2.57. The smallest absolute Gasteiger partial charge is 0.444 e. The number of rotatable bonds is 2. The minimum Gasteiger partial charge on any atom is -0.444 e. The summed E-state index contributed by atoms with van der Waals surface area (Å²) in [5, 5.41) is 0. The van der Waals surface area contributed by atoms with Gasteiger partial charge in [0.1, 0.15) is 11.6 Å². The van der Waals surface area contributed by atoms with Crippen molar-refractivity contribution in [3.8, 4) is 0 Å². The third kappa shape index (κ3) is 4.14. The maximum Gasteiger partial charge on any atom is 0.490 e. The molecule has 7 heteroatoms. The van der Waals surface area contributed by atoms with E-state index in [1.54, 1.807) is 4.90 Å². The van der Waals surface area contributed by atoms with Crippen molar-refractivity contribution >= 4 is 13.2 Å². The molecule has 6 nitrogen and oxygen atoms in total. The van der Waals surface area contributed by atoms with Gasteiger partial charge in [0.2, 0.25) is 0 Å². The number of carbonyl (C=O) groups is 1. The molecule has 1 saturated carbocycles. The average Bonchev–Trinajstić information content (AvgIpc) is 3.25. The third-order valence-electron chi connectivity index (χ3n) is 5.52. The summed E-state index contributed by atoms with van der Waals surface area (Å²) in [4.78, 5) is 14.3. The first kappa shape index (κ1) is 19.0. The van der Waals surface area contributed by atoms with Gasteiger partial charge in [0, 0.05) is 6.54 Å². The van der Waals surface area contributed by atoms with Crippen molar-refractivity contribution in [2.75, 3.05) is 13.1 Å². The SMILES string of the molecule is CC(C)(C)OC(=O)N1CC(B2OC(C)(C)C(C)(C)O2)OC(C2CC2)C1. The van der Waals surface area contributed by atoms with Crippen LogP contribution >= 0.6 is 0 Å². The second-order valence-electron chi connectivity index (χ2n) is 9.56. The zero-order chi connectivity index (χ0) is 18.6. The van der Waals surface area contributed by atoms with Crippen molar-refractivity contribution in [1.82, 2.24) is 4.90 Å². The van der Waals surface area contributed by atoms with Gasteiger partial charge in [0.15, 0.2) is 0 Å². The van der Waals surface area contributed by atoms with E-state index in [4.69, 9.17) is 18.8 Å². The first-order valence-corrected chi connectivity index (χ1v) is 9.37.